The third-order valence-electron chi connectivity index (χ3n) is 2.07. The molecule has 0 aromatic heterocycles. The second kappa shape index (κ2) is 4.68. The average Bonchev–Trinajstić information content (AvgIpc) is 2.13. The Labute approximate surface area is 87.5 Å². The fraction of sp³-hybridized carbons (Fsp3) is 0.455. The molecule has 1 rings (SSSR count). The molecular weight excluding hydrogens is 202 g/mol. The predicted molar refractivity (Wildman–Crippen MR) is 52.4 cm³/mol. The lowest BCUT2D eigenvalue weighted by Gasteiger charge is -2.23. The summed E-state index contributed by atoms with van der Waals surface area (Å²) in [6.07, 6.45) is 0. The Kier molecular flexibility index (Phi) is 3.77. The van der Waals surface area contributed by atoms with Gasteiger partial charge in [-0.05, 0) is 31.5 Å². The molecule has 15 heavy (non-hydrogen) atoms. The SMILES string of the molecule is CCOCC(C)(O)c1cc(F)cc(F)c1. The molecule has 0 aliphatic heterocycles. The zero-order valence-corrected chi connectivity index (χ0v) is 8.76. The maximum Gasteiger partial charge on any atom is 0.126 e. The van der Waals surface area contributed by atoms with Crippen LogP contribution in [0.5, 0.6) is 0 Å². The van der Waals surface area contributed by atoms with Crippen molar-refractivity contribution in [2.75, 3.05) is 13.2 Å². The van der Waals surface area contributed by atoms with E-state index in [4.69, 9.17) is 4.74 Å². The summed E-state index contributed by atoms with van der Waals surface area (Å²) in [5.74, 6) is -1.41. The normalized spacial score (nSPS) is 15.0. The maximum absolute atomic E-state index is 12.9. The summed E-state index contributed by atoms with van der Waals surface area (Å²) in [7, 11) is 0. The number of hydrogen-bond donors (Lipinski definition) is 1. The van der Waals surface area contributed by atoms with E-state index in [0.29, 0.717) is 6.61 Å². The minimum Gasteiger partial charge on any atom is -0.383 e. The summed E-state index contributed by atoms with van der Waals surface area (Å²) < 4.78 is 30.8. The van der Waals surface area contributed by atoms with E-state index in [9.17, 15) is 13.9 Å². The van der Waals surface area contributed by atoms with Crippen molar-refractivity contribution in [3.63, 3.8) is 0 Å². The molecular formula is C11H14F2O2. The minimum atomic E-state index is -1.38. The molecule has 4 heteroatoms. The summed E-state index contributed by atoms with van der Waals surface area (Å²) in [6.45, 7) is 3.68. The quantitative estimate of drug-likeness (QED) is 0.836. The summed E-state index contributed by atoms with van der Waals surface area (Å²) in [5, 5.41) is 9.91. The summed E-state index contributed by atoms with van der Waals surface area (Å²) >= 11 is 0. The first-order valence-electron chi connectivity index (χ1n) is 4.72. The van der Waals surface area contributed by atoms with Gasteiger partial charge in [-0.2, -0.15) is 0 Å². The van der Waals surface area contributed by atoms with Gasteiger partial charge in [0.15, 0.2) is 0 Å². The summed E-state index contributed by atoms with van der Waals surface area (Å²) in [4.78, 5) is 0. The first-order chi connectivity index (χ1) is 6.95. The van der Waals surface area contributed by atoms with E-state index in [1.165, 1.54) is 6.92 Å². The molecule has 0 saturated heterocycles. The molecule has 0 amide bonds. The van der Waals surface area contributed by atoms with Crippen LogP contribution in [0.3, 0.4) is 0 Å². The van der Waals surface area contributed by atoms with Crippen LogP contribution >= 0.6 is 0 Å². The van der Waals surface area contributed by atoms with Crippen LogP contribution in [0.15, 0.2) is 18.2 Å². The lowest BCUT2D eigenvalue weighted by molar-refractivity contribution is -0.0346. The fourth-order valence-electron chi connectivity index (χ4n) is 1.25. The molecule has 1 N–H and O–H groups in total. The smallest absolute Gasteiger partial charge is 0.126 e. The van der Waals surface area contributed by atoms with Crippen LogP contribution in [0.25, 0.3) is 0 Å². The van der Waals surface area contributed by atoms with E-state index < -0.39 is 17.2 Å². The minimum absolute atomic E-state index is 0.00634. The third kappa shape index (κ3) is 3.25. The van der Waals surface area contributed by atoms with Gasteiger partial charge in [-0.1, -0.05) is 0 Å². The zero-order valence-electron chi connectivity index (χ0n) is 8.76. The van der Waals surface area contributed by atoms with Crippen LogP contribution < -0.4 is 0 Å². The van der Waals surface area contributed by atoms with Crippen LogP contribution in [0.4, 0.5) is 8.78 Å². The summed E-state index contributed by atoms with van der Waals surface area (Å²) in [5.41, 5.74) is -1.20. The number of aliphatic hydroxyl groups is 1. The number of benzene rings is 1. The Morgan fingerprint density at radius 3 is 2.27 bits per heavy atom. The molecule has 0 fully saturated rings. The molecule has 1 aromatic carbocycles. The van der Waals surface area contributed by atoms with Gasteiger partial charge in [0.1, 0.15) is 17.2 Å². The van der Waals surface area contributed by atoms with Crippen molar-refractivity contribution in [2.45, 2.75) is 19.4 Å². The van der Waals surface area contributed by atoms with Crippen LogP contribution in [-0.4, -0.2) is 18.3 Å². The molecule has 0 saturated carbocycles. The Hall–Kier alpha value is -1.00. The molecule has 0 bridgehead atoms. The molecule has 1 aromatic rings. The number of halogens is 2. The Morgan fingerprint density at radius 2 is 1.80 bits per heavy atom. The van der Waals surface area contributed by atoms with Gasteiger partial charge in [-0.15, -0.1) is 0 Å². The molecule has 0 aliphatic carbocycles. The van der Waals surface area contributed by atoms with Gasteiger partial charge in [-0.25, -0.2) is 8.78 Å². The average molecular weight is 216 g/mol. The molecule has 0 heterocycles. The molecule has 0 radical (unpaired) electrons. The largest absolute Gasteiger partial charge is 0.383 e. The van der Waals surface area contributed by atoms with Gasteiger partial charge >= 0.3 is 0 Å². The Balaban J connectivity index is 2.93. The highest BCUT2D eigenvalue weighted by Gasteiger charge is 2.24. The number of ether oxygens (including phenoxy) is 1. The zero-order chi connectivity index (χ0) is 11.5. The molecule has 0 spiro atoms. The van der Waals surface area contributed by atoms with E-state index in [1.54, 1.807) is 6.92 Å². The van der Waals surface area contributed by atoms with Crippen LogP contribution in [0.2, 0.25) is 0 Å². The van der Waals surface area contributed by atoms with Crippen LogP contribution in [0, 0.1) is 11.6 Å². The first kappa shape index (κ1) is 12.1. The molecule has 1 unspecified atom stereocenters. The van der Waals surface area contributed by atoms with Crippen LogP contribution in [-0.2, 0) is 10.3 Å². The highest BCUT2D eigenvalue weighted by atomic mass is 19.1. The van der Waals surface area contributed by atoms with Crippen molar-refractivity contribution in [1.82, 2.24) is 0 Å². The second-order valence-electron chi connectivity index (χ2n) is 3.57. The highest BCUT2D eigenvalue weighted by molar-refractivity contribution is 5.23. The molecule has 2 nitrogen and oxygen atoms in total. The van der Waals surface area contributed by atoms with Crippen molar-refractivity contribution in [2.24, 2.45) is 0 Å². The van der Waals surface area contributed by atoms with Crippen molar-refractivity contribution in [3.8, 4) is 0 Å². The van der Waals surface area contributed by atoms with Crippen molar-refractivity contribution in [1.29, 1.82) is 0 Å². The number of hydrogen-bond acceptors (Lipinski definition) is 2. The standard InChI is InChI=1S/C11H14F2O2/c1-3-15-7-11(2,14)8-4-9(12)6-10(13)5-8/h4-6,14H,3,7H2,1-2H3. The molecule has 84 valence electrons. The fourth-order valence-corrected chi connectivity index (χ4v) is 1.25. The van der Waals surface area contributed by atoms with Gasteiger partial charge in [-0.3, -0.25) is 0 Å². The van der Waals surface area contributed by atoms with Gasteiger partial charge < -0.3 is 9.84 Å². The second-order valence-corrected chi connectivity index (χ2v) is 3.57. The van der Waals surface area contributed by atoms with Crippen molar-refractivity contribution < 1.29 is 18.6 Å². The van der Waals surface area contributed by atoms with Gasteiger partial charge in [0, 0.05) is 12.7 Å². The maximum atomic E-state index is 12.9. The summed E-state index contributed by atoms with van der Waals surface area (Å²) in [6, 6.07) is 2.96. The van der Waals surface area contributed by atoms with Gasteiger partial charge in [0.05, 0.1) is 6.61 Å². The van der Waals surface area contributed by atoms with Crippen molar-refractivity contribution in [3.05, 3.63) is 35.4 Å². The van der Waals surface area contributed by atoms with E-state index in [-0.39, 0.29) is 12.2 Å². The topological polar surface area (TPSA) is 29.5 Å². The number of rotatable bonds is 4. The Bertz CT molecular complexity index is 317. The molecule has 1 atom stereocenters. The molecule has 0 aliphatic rings. The van der Waals surface area contributed by atoms with E-state index in [2.05, 4.69) is 0 Å². The van der Waals surface area contributed by atoms with E-state index in [0.717, 1.165) is 18.2 Å². The van der Waals surface area contributed by atoms with Crippen LogP contribution in [0.1, 0.15) is 19.4 Å². The van der Waals surface area contributed by atoms with Gasteiger partial charge in [0.25, 0.3) is 0 Å². The monoisotopic (exact) mass is 216 g/mol. The van der Waals surface area contributed by atoms with E-state index >= 15 is 0 Å². The van der Waals surface area contributed by atoms with E-state index in [1.807, 2.05) is 0 Å². The predicted octanol–water partition coefficient (Wildman–Crippen LogP) is 2.21. The Morgan fingerprint density at radius 1 is 1.27 bits per heavy atom. The van der Waals surface area contributed by atoms with Crippen molar-refractivity contribution >= 4 is 0 Å². The lowest BCUT2D eigenvalue weighted by Crippen LogP contribution is -2.28. The third-order valence-corrected chi connectivity index (χ3v) is 2.07. The highest BCUT2D eigenvalue weighted by Crippen LogP contribution is 2.22. The first-order valence-corrected chi connectivity index (χ1v) is 4.72. The van der Waals surface area contributed by atoms with Gasteiger partial charge in [0.2, 0.25) is 0 Å². The lowest BCUT2D eigenvalue weighted by atomic mass is 9.97.